The van der Waals surface area contributed by atoms with Gasteiger partial charge in [0.2, 0.25) is 5.95 Å². The van der Waals surface area contributed by atoms with Crippen molar-refractivity contribution < 1.29 is 0 Å². The summed E-state index contributed by atoms with van der Waals surface area (Å²) in [6.45, 7) is 1.56. The van der Waals surface area contributed by atoms with Crippen molar-refractivity contribution in [3.05, 3.63) is 53.1 Å². The van der Waals surface area contributed by atoms with Gasteiger partial charge in [0.1, 0.15) is 5.52 Å². The van der Waals surface area contributed by atoms with Crippen molar-refractivity contribution in [3.63, 3.8) is 0 Å². The van der Waals surface area contributed by atoms with Crippen LogP contribution in [0.15, 0.2) is 47.5 Å². The monoisotopic (exact) mass is 349 g/mol. The Bertz CT molecular complexity index is 1120. The van der Waals surface area contributed by atoms with E-state index in [0.29, 0.717) is 29.0 Å². The molecule has 2 N–H and O–H groups in total. The molecule has 0 unspecified atom stereocenters. The highest BCUT2D eigenvalue weighted by Gasteiger charge is 2.16. The molecule has 8 nitrogen and oxygen atoms in total. The van der Waals surface area contributed by atoms with Gasteiger partial charge in [0, 0.05) is 25.5 Å². The van der Waals surface area contributed by atoms with Crippen LogP contribution in [0.2, 0.25) is 0 Å². The summed E-state index contributed by atoms with van der Waals surface area (Å²) in [5.41, 5.74) is 1.70. The molecule has 0 saturated heterocycles. The standard InChI is InChI=1S/C18H19N7O/c1-24(2)9-8-19-18-20-10-13-15-14(11-21-23-15)17(26)25(16(13)22-18)12-6-4-3-5-7-12/h3-7,10-11H,8-9H2,1-2H3,(H,21,23)(H,19,20,22). The first-order valence-corrected chi connectivity index (χ1v) is 8.34. The maximum absolute atomic E-state index is 13.0. The number of fused-ring (bicyclic) bond motifs is 3. The van der Waals surface area contributed by atoms with Crippen LogP contribution in [0.1, 0.15) is 0 Å². The Balaban J connectivity index is 1.93. The Labute approximate surface area is 149 Å². The second kappa shape index (κ2) is 6.57. The first-order chi connectivity index (χ1) is 12.6. The highest BCUT2D eigenvalue weighted by molar-refractivity contribution is 6.02. The summed E-state index contributed by atoms with van der Waals surface area (Å²) in [5.74, 6) is 0.485. The number of likely N-dealkylation sites (N-methyl/N-ethyl adjacent to an activating group) is 1. The summed E-state index contributed by atoms with van der Waals surface area (Å²) in [4.78, 5) is 24.1. The van der Waals surface area contributed by atoms with Gasteiger partial charge in [0.25, 0.3) is 5.56 Å². The first-order valence-electron chi connectivity index (χ1n) is 8.34. The number of hydrogen-bond acceptors (Lipinski definition) is 6. The molecule has 1 aromatic carbocycles. The number of hydrogen-bond donors (Lipinski definition) is 2. The lowest BCUT2D eigenvalue weighted by atomic mass is 10.2. The van der Waals surface area contributed by atoms with E-state index in [-0.39, 0.29) is 5.56 Å². The zero-order valence-electron chi connectivity index (χ0n) is 14.6. The van der Waals surface area contributed by atoms with Gasteiger partial charge in [-0.1, -0.05) is 18.2 Å². The number of anilines is 1. The Hall–Kier alpha value is -3.26. The number of pyridine rings is 1. The number of rotatable bonds is 5. The van der Waals surface area contributed by atoms with Crippen molar-refractivity contribution in [2.75, 3.05) is 32.5 Å². The van der Waals surface area contributed by atoms with Crippen LogP contribution in [0.25, 0.3) is 27.6 Å². The van der Waals surface area contributed by atoms with Crippen LogP contribution in [0.3, 0.4) is 0 Å². The van der Waals surface area contributed by atoms with Crippen molar-refractivity contribution in [1.29, 1.82) is 0 Å². The third kappa shape index (κ3) is 2.80. The van der Waals surface area contributed by atoms with E-state index in [0.717, 1.165) is 17.6 Å². The van der Waals surface area contributed by atoms with E-state index in [4.69, 9.17) is 0 Å². The quantitative estimate of drug-likeness (QED) is 0.569. The molecule has 0 aliphatic rings. The first kappa shape index (κ1) is 16.2. The van der Waals surface area contributed by atoms with E-state index in [1.807, 2.05) is 44.4 Å². The van der Waals surface area contributed by atoms with Crippen LogP contribution in [-0.4, -0.2) is 56.8 Å². The summed E-state index contributed by atoms with van der Waals surface area (Å²) in [6.07, 6.45) is 3.32. The molecule has 0 atom stereocenters. The summed E-state index contributed by atoms with van der Waals surface area (Å²) >= 11 is 0. The average Bonchev–Trinajstić information content (AvgIpc) is 3.13. The minimum absolute atomic E-state index is 0.162. The number of benzene rings is 1. The molecule has 0 aliphatic carbocycles. The number of para-hydroxylation sites is 1. The third-order valence-electron chi connectivity index (χ3n) is 4.17. The van der Waals surface area contributed by atoms with Gasteiger partial charge in [0.05, 0.1) is 16.5 Å². The highest BCUT2D eigenvalue weighted by atomic mass is 16.1. The predicted molar refractivity (Wildman–Crippen MR) is 102 cm³/mol. The van der Waals surface area contributed by atoms with E-state index in [1.54, 1.807) is 17.0 Å². The van der Waals surface area contributed by atoms with Crippen molar-refractivity contribution in [1.82, 2.24) is 29.6 Å². The fourth-order valence-corrected chi connectivity index (χ4v) is 2.88. The average molecular weight is 349 g/mol. The molecule has 0 spiro atoms. The Morgan fingerprint density at radius 1 is 1.19 bits per heavy atom. The van der Waals surface area contributed by atoms with E-state index < -0.39 is 0 Å². The summed E-state index contributed by atoms with van der Waals surface area (Å²) in [5, 5.41) is 11.4. The molecule has 132 valence electrons. The molecule has 8 heteroatoms. The second-order valence-electron chi connectivity index (χ2n) is 6.28. The molecule has 0 saturated carbocycles. The van der Waals surface area contributed by atoms with Gasteiger partial charge in [-0.2, -0.15) is 10.1 Å². The van der Waals surface area contributed by atoms with E-state index >= 15 is 0 Å². The zero-order valence-corrected chi connectivity index (χ0v) is 14.6. The Morgan fingerprint density at radius 3 is 2.77 bits per heavy atom. The molecule has 0 radical (unpaired) electrons. The normalized spacial score (nSPS) is 11.5. The fraction of sp³-hybridized carbons (Fsp3) is 0.222. The molecule has 0 fully saturated rings. The van der Waals surface area contributed by atoms with Gasteiger partial charge in [0.15, 0.2) is 5.65 Å². The van der Waals surface area contributed by atoms with Crippen LogP contribution in [0.4, 0.5) is 5.95 Å². The number of H-pyrrole nitrogens is 1. The lowest BCUT2D eigenvalue weighted by Gasteiger charge is -2.13. The van der Waals surface area contributed by atoms with Crippen LogP contribution >= 0.6 is 0 Å². The lowest BCUT2D eigenvalue weighted by molar-refractivity contribution is 0.425. The van der Waals surface area contributed by atoms with Gasteiger partial charge in [-0.3, -0.25) is 14.5 Å². The molecule has 3 heterocycles. The molecular weight excluding hydrogens is 330 g/mol. The Morgan fingerprint density at radius 2 is 2.00 bits per heavy atom. The number of aromatic nitrogens is 5. The Kier molecular flexibility index (Phi) is 4.10. The van der Waals surface area contributed by atoms with Gasteiger partial charge < -0.3 is 10.2 Å². The largest absolute Gasteiger partial charge is 0.353 e. The smallest absolute Gasteiger partial charge is 0.267 e. The summed E-state index contributed by atoms with van der Waals surface area (Å²) in [6, 6.07) is 9.47. The van der Waals surface area contributed by atoms with E-state index in [1.165, 1.54) is 0 Å². The zero-order chi connectivity index (χ0) is 18.1. The third-order valence-corrected chi connectivity index (χ3v) is 4.17. The van der Waals surface area contributed by atoms with Crippen LogP contribution in [0, 0.1) is 0 Å². The fourth-order valence-electron chi connectivity index (χ4n) is 2.88. The van der Waals surface area contributed by atoms with Crippen molar-refractivity contribution in [3.8, 4) is 5.69 Å². The van der Waals surface area contributed by atoms with Gasteiger partial charge in [-0.25, -0.2) is 4.98 Å². The summed E-state index contributed by atoms with van der Waals surface area (Å²) in [7, 11) is 4.01. The van der Waals surface area contributed by atoms with Gasteiger partial charge >= 0.3 is 0 Å². The van der Waals surface area contributed by atoms with Crippen LogP contribution in [-0.2, 0) is 0 Å². The topological polar surface area (TPSA) is 91.7 Å². The molecule has 4 rings (SSSR count). The van der Waals surface area contributed by atoms with E-state index in [9.17, 15) is 4.79 Å². The highest BCUT2D eigenvalue weighted by Crippen LogP contribution is 2.22. The minimum atomic E-state index is -0.162. The minimum Gasteiger partial charge on any atom is -0.353 e. The maximum atomic E-state index is 13.0. The van der Waals surface area contributed by atoms with Crippen LogP contribution in [0.5, 0.6) is 0 Å². The van der Waals surface area contributed by atoms with E-state index in [2.05, 4.69) is 30.4 Å². The molecular formula is C18H19N7O. The summed E-state index contributed by atoms with van der Waals surface area (Å²) < 4.78 is 1.60. The van der Waals surface area contributed by atoms with Crippen molar-refractivity contribution >= 4 is 27.9 Å². The second-order valence-corrected chi connectivity index (χ2v) is 6.28. The molecule has 4 aromatic rings. The number of aromatic amines is 1. The molecule has 0 bridgehead atoms. The number of nitrogens with zero attached hydrogens (tertiary/aromatic N) is 5. The molecule has 3 aromatic heterocycles. The molecule has 0 amide bonds. The van der Waals surface area contributed by atoms with Crippen molar-refractivity contribution in [2.45, 2.75) is 0 Å². The van der Waals surface area contributed by atoms with Gasteiger partial charge in [-0.15, -0.1) is 0 Å². The molecule has 26 heavy (non-hydrogen) atoms. The van der Waals surface area contributed by atoms with Gasteiger partial charge in [-0.05, 0) is 26.2 Å². The van der Waals surface area contributed by atoms with Crippen molar-refractivity contribution in [2.24, 2.45) is 0 Å². The van der Waals surface area contributed by atoms with Crippen LogP contribution < -0.4 is 10.9 Å². The lowest BCUT2D eigenvalue weighted by Crippen LogP contribution is -2.22. The maximum Gasteiger partial charge on any atom is 0.267 e. The SMILES string of the molecule is CN(C)CCNc1ncc2c3n[nH]cc3c(=O)n(-c3ccccc3)c2n1. The predicted octanol–water partition coefficient (Wildman–Crippen LogP) is 1.63. The molecule has 0 aliphatic heterocycles. The number of nitrogens with one attached hydrogen (secondary N) is 2.